The summed E-state index contributed by atoms with van der Waals surface area (Å²) in [7, 11) is 0. The Morgan fingerprint density at radius 2 is 2.20 bits per heavy atom. The van der Waals surface area contributed by atoms with Crippen LogP contribution in [0.25, 0.3) is 0 Å². The molecule has 1 atom stereocenters. The van der Waals surface area contributed by atoms with Crippen molar-refractivity contribution in [3.05, 3.63) is 27.5 Å². The summed E-state index contributed by atoms with van der Waals surface area (Å²) in [5, 5.41) is 15.0. The smallest absolute Gasteiger partial charge is 0.0928 e. The van der Waals surface area contributed by atoms with E-state index in [4.69, 9.17) is 11.6 Å². The van der Waals surface area contributed by atoms with Gasteiger partial charge < -0.3 is 5.32 Å². The maximum Gasteiger partial charge on any atom is 0.0928 e. The molecular formula is C13H20ClN5S. The van der Waals surface area contributed by atoms with Gasteiger partial charge in [-0.1, -0.05) is 29.9 Å². The number of halogens is 1. The molecule has 7 heteroatoms. The van der Waals surface area contributed by atoms with Gasteiger partial charge in [0.2, 0.25) is 0 Å². The van der Waals surface area contributed by atoms with Crippen LogP contribution in [0.5, 0.6) is 0 Å². The van der Waals surface area contributed by atoms with Gasteiger partial charge in [-0.2, -0.15) is 5.10 Å². The van der Waals surface area contributed by atoms with E-state index in [1.54, 1.807) is 0 Å². The van der Waals surface area contributed by atoms with Crippen LogP contribution >= 0.6 is 23.1 Å². The second-order valence-electron chi connectivity index (χ2n) is 4.52. The summed E-state index contributed by atoms with van der Waals surface area (Å²) in [6, 6.07) is 0.128. The van der Waals surface area contributed by atoms with E-state index in [1.165, 1.54) is 11.5 Å². The van der Waals surface area contributed by atoms with Crippen molar-refractivity contribution < 1.29 is 0 Å². The first-order valence-electron chi connectivity index (χ1n) is 6.95. The molecule has 2 aromatic heterocycles. The van der Waals surface area contributed by atoms with Crippen molar-refractivity contribution in [1.82, 2.24) is 24.7 Å². The summed E-state index contributed by atoms with van der Waals surface area (Å²) in [6.07, 6.45) is 1.63. The van der Waals surface area contributed by atoms with Crippen molar-refractivity contribution in [2.24, 2.45) is 0 Å². The van der Waals surface area contributed by atoms with Crippen molar-refractivity contribution in [3.8, 4) is 0 Å². The highest BCUT2D eigenvalue weighted by atomic mass is 35.5. The number of aryl methyl sites for hydroxylation is 2. The maximum absolute atomic E-state index is 6.47. The first-order chi connectivity index (χ1) is 9.71. The quantitative estimate of drug-likeness (QED) is 0.854. The molecule has 0 spiro atoms. The molecule has 2 heterocycles. The third-order valence-electron chi connectivity index (χ3n) is 3.28. The minimum Gasteiger partial charge on any atom is -0.308 e. The van der Waals surface area contributed by atoms with E-state index in [1.807, 2.05) is 10.1 Å². The Kier molecular flexibility index (Phi) is 5.51. The second-order valence-corrected chi connectivity index (χ2v) is 5.51. The minimum atomic E-state index is 0.128. The summed E-state index contributed by atoms with van der Waals surface area (Å²) < 4.78 is 5.94. The van der Waals surface area contributed by atoms with Crippen LogP contribution in [0.4, 0.5) is 0 Å². The van der Waals surface area contributed by atoms with Crippen LogP contribution in [0, 0.1) is 0 Å². The predicted octanol–water partition coefficient (Wildman–Crippen LogP) is 2.86. The van der Waals surface area contributed by atoms with Gasteiger partial charge in [-0.05, 0) is 31.4 Å². The van der Waals surface area contributed by atoms with Gasteiger partial charge in [-0.25, -0.2) is 0 Å². The monoisotopic (exact) mass is 313 g/mol. The maximum atomic E-state index is 6.47. The number of hydrogen-bond donors (Lipinski definition) is 1. The molecule has 0 bridgehead atoms. The second kappa shape index (κ2) is 7.15. The first kappa shape index (κ1) is 15.4. The van der Waals surface area contributed by atoms with Gasteiger partial charge in [0.15, 0.2) is 0 Å². The zero-order valence-electron chi connectivity index (χ0n) is 12.1. The van der Waals surface area contributed by atoms with E-state index in [-0.39, 0.29) is 6.04 Å². The molecule has 0 amide bonds. The van der Waals surface area contributed by atoms with Gasteiger partial charge in [0, 0.05) is 18.3 Å². The Balaban J connectivity index is 2.28. The average molecular weight is 314 g/mol. The number of nitrogens with zero attached hydrogens (tertiary/aromatic N) is 4. The van der Waals surface area contributed by atoms with Crippen LogP contribution in [0.2, 0.25) is 5.02 Å². The third kappa shape index (κ3) is 3.19. The summed E-state index contributed by atoms with van der Waals surface area (Å²) in [6.45, 7) is 7.94. The normalized spacial score (nSPS) is 12.8. The van der Waals surface area contributed by atoms with Crippen LogP contribution in [0.3, 0.4) is 0 Å². The fourth-order valence-electron chi connectivity index (χ4n) is 2.26. The van der Waals surface area contributed by atoms with E-state index >= 15 is 0 Å². The molecule has 0 aromatic carbocycles. The van der Waals surface area contributed by atoms with E-state index in [2.05, 4.69) is 40.8 Å². The lowest BCUT2D eigenvalue weighted by molar-refractivity contribution is 0.505. The molecule has 110 valence electrons. The van der Waals surface area contributed by atoms with Gasteiger partial charge in [0.05, 0.1) is 28.1 Å². The molecule has 0 saturated carbocycles. The lowest BCUT2D eigenvalue weighted by Crippen LogP contribution is -2.24. The third-order valence-corrected chi connectivity index (χ3v) is 4.24. The topological polar surface area (TPSA) is 55.6 Å². The lowest BCUT2D eigenvalue weighted by Gasteiger charge is -2.16. The highest BCUT2D eigenvalue weighted by Crippen LogP contribution is 2.26. The van der Waals surface area contributed by atoms with Gasteiger partial charge in [0.1, 0.15) is 0 Å². The Bertz CT molecular complexity index is 537. The van der Waals surface area contributed by atoms with Crippen molar-refractivity contribution in [2.75, 3.05) is 6.54 Å². The van der Waals surface area contributed by atoms with Crippen LogP contribution < -0.4 is 5.32 Å². The molecule has 2 aromatic rings. The zero-order chi connectivity index (χ0) is 14.5. The van der Waals surface area contributed by atoms with Crippen LogP contribution in [-0.4, -0.2) is 25.9 Å². The van der Waals surface area contributed by atoms with E-state index in [0.29, 0.717) is 0 Å². The molecule has 0 saturated heterocycles. The summed E-state index contributed by atoms with van der Waals surface area (Å²) >= 11 is 7.84. The molecule has 0 aliphatic carbocycles. The van der Waals surface area contributed by atoms with E-state index in [9.17, 15) is 0 Å². The van der Waals surface area contributed by atoms with Crippen molar-refractivity contribution in [3.63, 3.8) is 0 Å². The lowest BCUT2D eigenvalue weighted by atomic mass is 10.1. The van der Waals surface area contributed by atoms with Gasteiger partial charge in [0.25, 0.3) is 0 Å². The summed E-state index contributed by atoms with van der Waals surface area (Å²) in [5.74, 6) is 0. The van der Waals surface area contributed by atoms with Gasteiger partial charge >= 0.3 is 0 Å². The largest absolute Gasteiger partial charge is 0.308 e. The Morgan fingerprint density at radius 1 is 1.40 bits per heavy atom. The fraction of sp³-hybridized carbons (Fsp3) is 0.615. The molecule has 2 rings (SSSR count). The minimum absolute atomic E-state index is 0.128. The first-order valence-corrected chi connectivity index (χ1v) is 8.17. The van der Waals surface area contributed by atoms with Crippen molar-refractivity contribution >= 4 is 23.1 Å². The number of aromatic nitrogens is 4. The molecule has 0 radical (unpaired) electrons. The fourth-order valence-corrected chi connectivity index (χ4v) is 3.11. The number of likely N-dealkylation sites (N-methyl/N-ethyl adjacent to an activating group) is 1. The molecule has 5 nitrogen and oxygen atoms in total. The molecule has 0 fully saturated rings. The summed E-state index contributed by atoms with van der Waals surface area (Å²) in [5.41, 5.74) is 3.01. The highest BCUT2D eigenvalue weighted by Gasteiger charge is 2.21. The number of hydrogen-bond acceptors (Lipinski definition) is 5. The molecular weight excluding hydrogens is 294 g/mol. The van der Waals surface area contributed by atoms with E-state index in [0.717, 1.165) is 48.0 Å². The van der Waals surface area contributed by atoms with Crippen LogP contribution in [0.1, 0.15) is 43.9 Å². The predicted molar refractivity (Wildman–Crippen MR) is 82.3 cm³/mol. The molecule has 1 unspecified atom stereocenters. The number of rotatable bonds is 7. The van der Waals surface area contributed by atoms with Crippen LogP contribution in [-0.2, 0) is 19.4 Å². The number of nitrogens with one attached hydrogen (secondary N) is 1. The molecule has 0 aliphatic heterocycles. The van der Waals surface area contributed by atoms with Crippen molar-refractivity contribution in [1.29, 1.82) is 0 Å². The summed E-state index contributed by atoms with van der Waals surface area (Å²) in [4.78, 5) is 0. The highest BCUT2D eigenvalue weighted by molar-refractivity contribution is 7.03. The van der Waals surface area contributed by atoms with Gasteiger partial charge in [-0.3, -0.25) is 4.68 Å². The Morgan fingerprint density at radius 3 is 2.75 bits per heavy atom. The van der Waals surface area contributed by atoms with Gasteiger partial charge in [-0.15, -0.1) is 5.10 Å². The SMILES string of the molecule is CCNC(Cc1c(Cl)c(CC)nn1CC)c1csnn1. The van der Waals surface area contributed by atoms with Crippen molar-refractivity contribution in [2.45, 2.75) is 46.2 Å². The zero-order valence-corrected chi connectivity index (χ0v) is 13.6. The Hall–Kier alpha value is -0.980. The standard InChI is InChI=1S/C13H20ClN5S/c1-4-9-13(14)12(19(6-3)17-9)7-10(15-5-2)11-8-20-18-16-11/h8,10,15H,4-7H2,1-3H3. The van der Waals surface area contributed by atoms with E-state index < -0.39 is 0 Å². The Labute approximate surface area is 128 Å². The molecule has 20 heavy (non-hydrogen) atoms. The average Bonchev–Trinajstić information content (AvgIpc) is 3.07. The molecule has 1 N–H and O–H groups in total. The molecule has 0 aliphatic rings. The van der Waals surface area contributed by atoms with Crippen LogP contribution in [0.15, 0.2) is 5.38 Å².